The third kappa shape index (κ3) is 8.54. The fourth-order valence-corrected chi connectivity index (χ4v) is 7.03. The largest absolute Gasteiger partial charge is 0.389 e. The Bertz CT molecular complexity index is 1150. The zero-order chi connectivity index (χ0) is 28.2. The highest BCUT2D eigenvalue weighted by Crippen LogP contribution is 2.29. The number of likely N-dealkylation sites (tertiary alicyclic amines) is 2. The summed E-state index contributed by atoms with van der Waals surface area (Å²) in [5.74, 6) is 0.188. The summed E-state index contributed by atoms with van der Waals surface area (Å²) in [6.45, 7) is 11.5. The number of nitrogens with zero attached hydrogens (tertiary/aromatic N) is 3. The molecule has 3 N–H and O–H groups in total. The van der Waals surface area contributed by atoms with Crippen LogP contribution in [0, 0.1) is 18.7 Å². The molecule has 4 rings (SSSR count). The summed E-state index contributed by atoms with van der Waals surface area (Å²) in [6, 6.07) is 6.46. The Morgan fingerprint density at radius 3 is 2.59 bits per heavy atom. The number of benzene rings is 1. The van der Waals surface area contributed by atoms with Crippen molar-refractivity contribution in [2.45, 2.75) is 70.9 Å². The van der Waals surface area contributed by atoms with E-state index in [1.54, 1.807) is 6.92 Å². The van der Waals surface area contributed by atoms with Gasteiger partial charge in [-0.2, -0.15) is 0 Å². The maximum atomic E-state index is 13.4. The van der Waals surface area contributed by atoms with Gasteiger partial charge in [-0.05, 0) is 89.6 Å². The SMILES string of the molecule is CC(=O)c1sc(NC(=O)N[C@@]2(CN3CCCC(Cc4ccc(F)cc4)C3)CCCN(CC(C)(C)O)C2)nc1C. The second-order valence-corrected chi connectivity index (χ2v) is 13.0. The lowest BCUT2D eigenvalue weighted by Gasteiger charge is -2.48. The van der Waals surface area contributed by atoms with Crippen LogP contribution in [0.25, 0.3) is 0 Å². The molecule has 0 bridgehead atoms. The highest BCUT2D eigenvalue weighted by Gasteiger charge is 2.40. The van der Waals surface area contributed by atoms with E-state index in [2.05, 4.69) is 25.4 Å². The third-order valence-corrected chi connectivity index (χ3v) is 8.72. The predicted octanol–water partition coefficient (Wildman–Crippen LogP) is 4.47. The molecule has 214 valence electrons. The Labute approximate surface area is 235 Å². The number of hydrogen-bond acceptors (Lipinski definition) is 7. The van der Waals surface area contributed by atoms with E-state index in [-0.39, 0.29) is 17.6 Å². The van der Waals surface area contributed by atoms with Crippen molar-refractivity contribution in [3.05, 3.63) is 46.2 Å². The van der Waals surface area contributed by atoms with Gasteiger partial charge in [0.15, 0.2) is 10.9 Å². The van der Waals surface area contributed by atoms with E-state index >= 15 is 0 Å². The van der Waals surface area contributed by atoms with E-state index in [1.807, 2.05) is 26.0 Å². The number of nitrogens with one attached hydrogen (secondary N) is 2. The summed E-state index contributed by atoms with van der Waals surface area (Å²) in [7, 11) is 0. The summed E-state index contributed by atoms with van der Waals surface area (Å²) in [5, 5.41) is 17.1. The van der Waals surface area contributed by atoms with Gasteiger partial charge in [0.25, 0.3) is 0 Å². The number of hydrogen-bond donors (Lipinski definition) is 3. The number of aromatic nitrogens is 1. The number of anilines is 1. The molecular weight excluding hydrogens is 517 g/mol. The molecule has 10 heteroatoms. The molecule has 2 aromatic rings. The molecule has 2 fully saturated rings. The van der Waals surface area contributed by atoms with Crippen molar-refractivity contribution >= 4 is 28.3 Å². The second kappa shape index (κ2) is 12.4. The van der Waals surface area contributed by atoms with E-state index in [1.165, 1.54) is 30.4 Å². The first-order chi connectivity index (χ1) is 18.4. The Kier molecular flexibility index (Phi) is 9.41. The van der Waals surface area contributed by atoms with E-state index < -0.39 is 11.1 Å². The van der Waals surface area contributed by atoms with E-state index in [4.69, 9.17) is 0 Å². The van der Waals surface area contributed by atoms with Gasteiger partial charge in [-0.3, -0.25) is 15.0 Å². The lowest BCUT2D eigenvalue weighted by molar-refractivity contribution is 0.00500. The monoisotopic (exact) mass is 559 g/mol. The average Bonchev–Trinajstić information content (AvgIpc) is 3.19. The molecule has 2 aliphatic heterocycles. The number of carbonyl (C=O) groups is 2. The molecule has 8 nitrogen and oxygen atoms in total. The lowest BCUT2D eigenvalue weighted by Crippen LogP contribution is -2.65. The average molecular weight is 560 g/mol. The number of Topliss-reactive ketones (excluding diaryl/α,β-unsaturated/α-hetero) is 1. The summed E-state index contributed by atoms with van der Waals surface area (Å²) >= 11 is 1.19. The number of urea groups is 1. The quantitative estimate of drug-likeness (QED) is 0.392. The van der Waals surface area contributed by atoms with Gasteiger partial charge in [0, 0.05) is 33.1 Å². The number of ketones is 1. The molecule has 2 aliphatic rings. The first-order valence-electron chi connectivity index (χ1n) is 13.9. The van der Waals surface area contributed by atoms with Crippen LogP contribution in [0.3, 0.4) is 0 Å². The predicted molar refractivity (Wildman–Crippen MR) is 153 cm³/mol. The second-order valence-electron chi connectivity index (χ2n) is 12.0. The van der Waals surface area contributed by atoms with Gasteiger partial charge in [0.1, 0.15) is 5.82 Å². The molecule has 2 atom stereocenters. The van der Waals surface area contributed by atoms with Crippen molar-refractivity contribution in [2.75, 3.05) is 44.6 Å². The Balaban J connectivity index is 1.47. The van der Waals surface area contributed by atoms with E-state index in [0.717, 1.165) is 57.3 Å². The van der Waals surface area contributed by atoms with Gasteiger partial charge >= 0.3 is 6.03 Å². The zero-order valence-corrected chi connectivity index (χ0v) is 24.4. The number of β-amino-alcohol motifs (C(OH)–C–C–N with tert-alkyl or cyclic N) is 1. The number of thiazole rings is 1. The number of aliphatic hydroxyl groups is 1. The molecule has 0 radical (unpaired) electrons. The Morgan fingerprint density at radius 1 is 1.21 bits per heavy atom. The van der Waals surface area contributed by atoms with Crippen LogP contribution in [0.1, 0.15) is 67.4 Å². The van der Waals surface area contributed by atoms with E-state index in [0.29, 0.717) is 41.3 Å². The summed E-state index contributed by atoms with van der Waals surface area (Å²) in [6.07, 6.45) is 4.85. The van der Waals surface area contributed by atoms with Crippen LogP contribution in [-0.4, -0.2) is 82.1 Å². The Morgan fingerprint density at radius 2 is 1.92 bits per heavy atom. The number of carbonyl (C=O) groups excluding carboxylic acids is 2. The van der Waals surface area contributed by atoms with Gasteiger partial charge in [-0.1, -0.05) is 23.5 Å². The molecule has 1 aromatic heterocycles. The maximum Gasteiger partial charge on any atom is 0.321 e. The Hall–Kier alpha value is -2.40. The number of aryl methyl sites for hydroxylation is 1. The summed E-state index contributed by atoms with van der Waals surface area (Å²) < 4.78 is 13.4. The molecule has 3 heterocycles. The third-order valence-electron chi connectivity index (χ3n) is 7.55. The molecule has 1 unspecified atom stereocenters. The maximum absolute atomic E-state index is 13.4. The number of piperidine rings is 2. The zero-order valence-electron chi connectivity index (χ0n) is 23.6. The van der Waals surface area contributed by atoms with E-state index in [9.17, 15) is 19.1 Å². The summed E-state index contributed by atoms with van der Waals surface area (Å²) in [4.78, 5) is 34.8. The minimum atomic E-state index is -0.835. The molecule has 2 saturated heterocycles. The number of halogens is 1. The van der Waals surface area contributed by atoms with Gasteiger partial charge < -0.3 is 15.3 Å². The van der Waals surface area contributed by atoms with Gasteiger partial charge in [0.2, 0.25) is 0 Å². The standard InChI is InChI=1S/C29H42FN5O3S/c1-20-25(21(2)36)39-27(31-20)32-26(37)33-29(12-6-14-35(19-29)17-28(3,4)38)18-34-13-5-7-23(16-34)15-22-8-10-24(30)11-9-22/h8-11,23,38H,5-7,12-19H2,1-4H3,(H2,31,32,33,37)/t23?,29-/m1/s1. The van der Waals surface area contributed by atoms with Crippen molar-refractivity contribution in [2.24, 2.45) is 5.92 Å². The van der Waals surface area contributed by atoms with Crippen molar-refractivity contribution in [1.82, 2.24) is 20.1 Å². The van der Waals surface area contributed by atoms with Crippen LogP contribution < -0.4 is 10.6 Å². The minimum absolute atomic E-state index is 0.0650. The first kappa shape index (κ1) is 29.6. The number of rotatable bonds is 9. The normalized spacial score (nSPS) is 23.0. The van der Waals surface area contributed by atoms with Crippen LogP contribution in [0.4, 0.5) is 14.3 Å². The van der Waals surface area contributed by atoms with Crippen LogP contribution in [0.5, 0.6) is 0 Å². The van der Waals surface area contributed by atoms with Gasteiger partial charge in [-0.15, -0.1) is 0 Å². The van der Waals surface area contributed by atoms with Crippen molar-refractivity contribution in [3.8, 4) is 0 Å². The lowest BCUT2D eigenvalue weighted by atomic mass is 9.85. The van der Waals surface area contributed by atoms with Crippen molar-refractivity contribution in [1.29, 1.82) is 0 Å². The van der Waals surface area contributed by atoms with Crippen LogP contribution in [0.15, 0.2) is 24.3 Å². The molecule has 0 aliphatic carbocycles. The molecule has 0 spiro atoms. The topological polar surface area (TPSA) is 97.8 Å². The molecule has 0 saturated carbocycles. The highest BCUT2D eigenvalue weighted by molar-refractivity contribution is 7.17. The molecule has 2 amide bonds. The number of amides is 2. The molecular formula is C29H42FN5O3S. The summed E-state index contributed by atoms with van der Waals surface area (Å²) in [5.41, 5.74) is 0.430. The fourth-order valence-electron chi connectivity index (χ4n) is 6.17. The minimum Gasteiger partial charge on any atom is -0.389 e. The van der Waals surface area contributed by atoms with Crippen LogP contribution in [-0.2, 0) is 6.42 Å². The highest BCUT2D eigenvalue weighted by atomic mass is 32.1. The van der Waals surface area contributed by atoms with Gasteiger partial charge in [-0.25, -0.2) is 14.2 Å². The van der Waals surface area contributed by atoms with Crippen molar-refractivity contribution in [3.63, 3.8) is 0 Å². The van der Waals surface area contributed by atoms with Crippen LogP contribution in [0.2, 0.25) is 0 Å². The van der Waals surface area contributed by atoms with Crippen molar-refractivity contribution < 1.29 is 19.1 Å². The fraction of sp³-hybridized carbons (Fsp3) is 0.621. The molecule has 1 aromatic carbocycles. The first-order valence-corrected chi connectivity index (χ1v) is 14.7. The molecule has 39 heavy (non-hydrogen) atoms. The van der Waals surface area contributed by atoms with Gasteiger partial charge in [0.05, 0.1) is 21.7 Å². The smallest absolute Gasteiger partial charge is 0.321 e. The van der Waals surface area contributed by atoms with Crippen LogP contribution >= 0.6 is 11.3 Å².